The van der Waals surface area contributed by atoms with Crippen LogP contribution in [0.4, 0.5) is 17.1 Å². The average molecular weight is 350 g/mol. The van der Waals surface area contributed by atoms with E-state index in [1.807, 2.05) is 48.5 Å². The van der Waals surface area contributed by atoms with Gasteiger partial charge in [0.25, 0.3) is 0 Å². The van der Waals surface area contributed by atoms with Crippen molar-refractivity contribution in [2.24, 2.45) is 0 Å². The lowest BCUT2D eigenvalue weighted by Crippen LogP contribution is -2.01. The molecule has 0 bridgehead atoms. The first kappa shape index (κ1) is 16.9. The van der Waals surface area contributed by atoms with Crippen LogP contribution in [0, 0.1) is 0 Å². The third-order valence-corrected chi connectivity index (χ3v) is 4.65. The van der Waals surface area contributed by atoms with Crippen LogP contribution in [0.2, 0.25) is 0 Å². The van der Waals surface area contributed by atoms with Gasteiger partial charge in [0, 0.05) is 22.6 Å². The van der Waals surface area contributed by atoms with E-state index in [1.54, 1.807) is 0 Å². The van der Waals surface area contributed by atoms with Crippen molar-refractivity contribution in [2.75, 3.05) is 11.1 Å². The molecule has 0 saturated heterocycles. The second-order valence-corrected chi connectivity index (χ2v) is 6.62. The second-order valence-electron chi connectivity index (χ2n) is 6.62. The Morgan fingerprint density at radius 3 is 1.93 bits per heavy atom. The van der Waals surface area contributed by atoms with E-state index in [1.165, 1.54) is 11.1 Å². The van der Waals surface area contributed by atoms with Crippen LogP contribution in [0.1, 0.15) is 11.1 Å². The maximum atomic E-state index is 6.43. The summed E-state index contributed by atoms with van der Waals surface area (Å²) in [5.41, 5.74) is 14.0. The SMILES string of the molecule is Nc1cc(Nc2ccccc2)c(Cc2ccccc2)cc1-c1ccccc1. The van der Waals surface area contributed by atoms with Crippen molar-refractivity contribution in [2.45, 2.75) is 6.42 Å². The zero-order valence-electron chi connectivity index (χ0n) is 15.1. The van der Waals surface area contributed by atoms with Crippen molar-refractivity contribution in [3.05, 3.63) is 114 Å². The van der Waals surface area contributed by atoms with Crippen molar-refractivity contribution in [3.8, 4) is 11.1 Å². The molecule has 0 spiro atoms. The molecule has 2 heteroatoms. The number of nitrogens with two attached hydrogens (primary N) is 1. The number of rotatable bonds is 5. The first-order valence-electron chi connectivity index (χ1n) is 9.13. The van der Waals surface area contributed by atoms with Gasteiger partial charge in [-0.25, -0.2) is 0 Å². The summed E-state index contributed by atoms with van der Waals surface area (Å²) in [5, 5.41) is 3.53. The van der Waals surface area contributed by atoms with Crippen LogP contribution < -0.4 is 11.1 Å². The summed E-state index contributed by atoms with van der Waals surface area (Å²) < 4.78 is 0. The standard InChI is InChI=1S/C25H22N2/c26-24-18-25(27-22-14-8-3-9-15-22)21(16-19-10-4-1-5-11-19)17-23(24)20-12-6-2-7-13-20/h1-15,17-18,27H,16,26H2. The van der Waals surface area contributed by atoms with Crippen LogP contribution in [0.5, 0.6) is 0 Å². The Morgan fingerprint density at radius 2 is 1.26 bits per heavy atom. The minimum atomic E-state index is 0.774. The highest BCUT2D eigenvalue weighted by Crippen LogP contribution is 2.34. The Labute approximate surface area is 160 Å². The molecule has 0 radical (unpaired) electrons. The Hall–Kier alpha value is -3.52. The van der Waals surface area contributed by atoms with Gasteiger partial charge in [-0.1, -0.05) is 78.9 Å². The van der Waals surface area contributed by atoms with Gasteiger partial charge in [-0.15, -0.1) is 0 Å². The lowest BCUT2D eigenvalue weighted by atomic mass is 9.96. The summed E-state index contributed by atoms with van der Waals surface area (Å²) >= 11 is 0. The first-order chi connectivity index (χ1) is 13.3. The van der Waals surface area contributed by atoms with Gasteiger partial charge in [0.2, 0.25) is 0 Å². The number of para-hydroxylation sites is 1. The lowest BCUT2D eigenvalue weighted by molar-refractivity contribution is 1.19. The van der Waals surface area contributed by atoms with E-state index >= 15 is 0 Å². The summed E-state index contributed by atoms with van der Waals surface area (Å²) in [5.74, 6) is 0. The van der Waals surface area contributed by atoms with Gasteiger partial charge in [0.05, 0.1) is 0 Å². The molecule has 0 fully saturated rings. The van der Waals surface area contributed by atoms with Gasteiger partial charge < -0.3 is 11.1 Å². The molecular weight excluding hydrogens is 328 g/mol. The number of nitrogen functional groups attached to an aromatic ring is 1. The summed E-state index contributed by atoms with van der Waals surface area (Å²) in [6, 6.07) is 35.3. The Balaban J connectivity index is 1.78. The van der Waals surface area contributed by atoms with Crippen LogP contribution in [0.3, 0.4) is 0 Å². The maximum Gasteiger partial charge on any atom is 0.0441 e. The van der Waals surface area contributed by atoms with E-state index in [0.29, 0.717) is 0 Å². The molecule has 2 nitrogen and oxygen atoms in total. The predicted molar refractivity (Wildman–Crippen MR) is 115 cm³/mol. The van der Waals surface area contributed by atoms with E-state index in [-0.39, 0.29) is 0 Å². The van der Waals surface area contributed by atoms with Crippen LogP contribution in [-0.4, -0.2) is 0 Å². The third kappa shape index (κ3) is 4.01. The average Bonchev–Trinajstić information content (AvgIpc) is 2.72. The Kier molecular flexibility index (Phi) is 4.88. The van der Waals surface area contributed by atoms with Gasteiger partial charge in [0.1, 0.15) is 0 Å². The largest absolute Gasteiger partial charge is 0.398 e. The molecule has 4 aromatic rings. The number of hydrogen-bond donors (Lipinski definition) is 2. The van der Waals surface area contributed by atoms with E-state index in [0.717, 1.165) is 34.6 Å². The maximum absolute atomic E-state index is 6.43. The first-order valence-corrected chi connectivity index (χ1v) is 9.13. The Morgan fingerprint density at radius 1 is 0.667 bits per heavy atom. The number of anilines is 3. The fourth-order valence-electron chi connectivity index (χ4n) is 3.28. The molecule has 0 aliphatic heterocycles. The van der Waals surface area contributed by atoms with Gasteiger partial charge in [-0.05, 0) is 47.4 Å². The molecule has 0 atom stereocenters. The summed E-state index contributed by atoms with van der Waals surface area (Å²) in [7, 11) is 0. The van der Waals surface area contributed by atoms with E-state index in [2.05, 4.69) is 59.9 Å². The molecule has 132 valence electrons. The molecule has 0 saturated carbocycles. The van der Waals surface area contributed by atoms with Crippen LogP contribution in [-0.2, 0) is 6.42 Å². The molecule has 27 heavy (non-hydrogen) atoms. The molecule has 4 rings (SSSR count). The zero-order valence-corrected chi connectivity index (χ0v) is 15.1. The van der Waals surface area contributed by atoms with Crippen molar-refractivity contribution >= 4 is 17.1 Å². The highest BCUT2D eigenvalue weighted by molar-refractivity contribution is 5.82. The molecule has 0 aromatic heterocycles. The normalized spacial score (nSPS) is 10.5. The highest BCUT2D eigenvalue weighted by atomic mass is 14.9. The number of nitrogens with one attached hydrogen (secondary N) is 1. The predicted octanol–water partition coefficient (Wildman–Crippen LogP) is 6.27. The number of benzene rings is 4. The molecule has 0 unspecified atom stereocenters. The minimum Gasteiger partial charge on any atom is -0.398 e. The van der Waals surface area contributed by atoms with Gasteiger partial charge in [-0.2, -0.15) is 0 Å². The van der Waals surface area contributed by atoms with Crippen LogP contribution >= 0.6 is 0 Å². The van der Waals surface area contributed by atoms with E-state index in [4.69, 9.17) is 5.73 Å². The van der Waals surface area contributed by atoms with E-state index < -0.39 is 0 Å². The molecule has 3 N–H and O–H groups in total. The smallest absolute Gasteiger partial charge is 0.0441 e. The van der Waals surface area contributed by atoms with Crippen molar-refractivity contribution in [3.63, 3.8) is 0 Å². The summed E-state index contributed by atoms with van der Waals surface area (Å²) in [6.07, 6.45) is 0.843. The van der Waals surface area contributed by atoms with Crippen molar-refractivity contribution < 1.29 is 0 Å². The molecule has 0 heterocycles. The van der Waals surface area contributed by atoms with Gasteiger partial charge in [0.15, 0.2) is 0 Å². The van der Waals surface area contributed by atoms with Crippen molar-refractivity contribution in [1.82, 2.24) is 0 Å². The van der Waals surface area contributed by atoms with E-state index in [9.17, 15) is 0 Å². The minimum absolute atomic E-state index is 0.774. The number of hydrogen-bond acceptors (Lipinski definition) is 2. The van der Waals surface area contributed by atoms with Crippen LogP contribution in [0.25, 0.3) is 11.1 Å². The summed E-state index contributed by atoms with van der Waals surface area (Å²) in [4.78, 5) is 0. The molecular formula is C25H22N2. The van der Waals surface area contributed by atoms with Crippen LogP contribution in [0.15, 0.2) is 103 Å². The molecule has 0 aliphatic rings. The lowest BCUT2D eigenvalue weighted by Gasteiger charge is -2.17. The highest BCUT2D eigenvalue weighted by Gasteiger charge is 2.11. The fourth-order valence-corrected chi connectivity index (χ4v) is 3.28. The third-order valence-electron chi connectivity index (χ3n) is 4.65. The van der Waals surface area contributed by atoms with Crippen molar-refractivity contribution in [1.29, 1.82) is 0 Å². The quantitative estimate of drug-likeness (QED) is 0.416. The fraction of sp³-hybridized carbons (Fsp3) is 0.0400. The monoisotopic (exact) mass is 350 g/mol. The van der Waals surface area contributed by atoms with Gasteiger partial charge >= 0.3 is 0 Å². The topological polar surface area (TPSA) is 38.0 Å². The van der Waals surface area contributed by atoms with Gasteiger partial charge in [-0.3, -0.25) is 0 Å². The molecule has 4 aromatic carbocycles. The zero-order chi connectivity index (χ0) is 18.5. The second kappa shape index (κ2) is 7.79. The molecule has 0 aliphatic carbocycles. The molecule has 0 amide bonds. The summed E-state index contributed by atoms with van der Waals surface area (Å²) in [6.45, 7) is 0. The Bertz CT molecular complexity index is 1010.